The first-order chi connectivity index (χ1) is 7.36. The largest absolute Gasteiger partial charge is 0.378 e. The third-order valence-electron chi connectivity index (χ3n) is 2.34. The third kappa shape index (κ3) is 4.45. The first kappa shape index (κ1) is 11.5. The molecule has 15 heavy (non-hydrogen) atoms. The van der Waals surface area contributed by atoms with Crippen molar-refractivity contribution in [2.45, 2.75) is 12.8 Å². The van der Waals surface area contributed by atoms with Crippen molar-refractivity contribution >= 4 is 6.08 Å². The summed E-state index contributed by atoms with van der Waals surface area (Å²) in [5.74, 6) is 0. The number of rotatable bonds is 2. The Balaban J connectivity index is 0.000000151. The van der Waals surface area contributed by atoms with Crippen LogP contribution in [0.5, 0.6) is 0 Å². The standard InChI is InChI=1S/C7H7N.C6H11N/c1-2-7-3-5-8-6-4-7;1-2-7-5-3-4-6-7/h2-6H,1H2;2H,1,3-6H2. The Hall–Kier alpha value is -1.57. The highest BCUT2D eigenvalue weighted by atomic mass is 15.1. The molecule has 2 heterocycles. The van der Waals surface area contributed by atoms with Crippen LogP contribution >= 0.6 is 0 Å². The number of nitrogens with zero attached hydrogens (tertiary/aromatic N) is 2. The molecule has 0 N–H and O–H groups in total. The Labute approximate surface area is 92.0 Å². The molecule has 0 bridgehead atoms. The Kier molecular flexibility index (Phi) is 5.23. The summed E-state index contributed by atoms with van der Waals surface area (Å²) in [5.41, 5.74) is 1.11. The summed E-state index contributed by atoms with van der Waals surface area (Å²) >= 11 is 0. The molecule has 0 spiro atoms. The smallest absolute Gasteiger partial charge is 0.0273 e. The van der Waals surface area contributed by atoms with Gasteiger partial charge in [-0.1, -0.05) is 19.2 Å². The molecule has 0 unspecified atom stereocenters. The highest BCUT2D eigenvalue weighted by molar-refractivity contribution is 5.44. The van der Waals surface area contributed by atoms with Gasteiger partial charge in [0.05, 0.1) is 0 Å². The van der Waals surface area contributed by atoms with E-state index < -0.39 is 0 Å². The van der Waals surface area contributed by atoms with Crippen molar-refractivity contribution in [2.75, 3.05) is 13.1 Å². The van der Waals surface area contributed by atoms with Crippen molar-refractivity contribution in [3.05, 3.63) is 49.4 Å². The highest BCUT2D eigenvalue weighted by Gasteiger charge is 2.04. The fourth-order valence-corrected chi connectivity index (χ4v) is 1.42. The molecule has 0 amide bonds. The van der Waals surface area contributed by atoms with Crippen LogP contribution in [-0.4, -0.2) is 23.0 Å². The van der Waals surface area contributed by atoms with Gasteiger partial charge < -0.3 is 4.90 Å². The van der Waals surface area contributed by atoms with Gasteiger partial charge in [-0.15, -0.1) is 0 Å². The summed E-state index contributed by atoms with van der Waals surface area (Å²) in [5, 5.41) is 0. The minimum absolute atomic E-state index is 1.11. The minimum Gasteiger partial charge on any atom is -0.378 e. The highest BCUT2D eigenvalue weighted by Crippen LogP contribution is 2.05. The second-order valence-corrected chi connectivity index (χ2v) is 3.41. The number of pyridine rings is 1. The zero-order valence-corrected chi connectivity index (χ0v) is 9.10. The van der Waals surface area contributed by atoms with Crippen LogP contribution < -0.4 is 0 Å². The maximum absolute atomic E-state index is 3.85. The van der Waals surface area contributed by atoms with E-state index in [1.165, 1.54) is 25.9 Å². The molecule has 1 aromatic rings. The molecule has 1 saturated heterocycles. The Morgan fingerprint density at radius 1 is 1.13 bits per heavy atom. The molecule has 2 rings (SSSR count). The second-order valence-electron chi connectivity index (χ2n) is 3.41. The van der Waals surface area contributed by atoms with Crippen molar-refractivity contribution in [1.29, 1.82) is 0 Å². The molecule has 0 aliphatic carbocycles. The SMILES string of the molecule is C=CN1CCCC1.C=Cc1ccncc1. The van der Waals surface area contributed by atoms with E-state index in [1.807, 2.05) is 18.3 Å². The van der Waals surface area contributed by atoms with Gasteiger partial charge in [0, 0.05) is 25.5 Å². The maximum atomic E-state index is 3.85. The van der Waals surface area contributed by atoms with Crippen molar-refractivity contribution < 1.29 is 0 Å². The van der Waals surface area contributed by atoms with Crippen molar-refractivity contribution in [3.63, 3.8) is 0 Å². The molecule has 2 nitrogen and oxygen atoms in total. The van der Waals surface area contributed by atoms with Crippen molar-refractivity contribution in [1.82, 2.24) is 9.88 Å². The Morgan fingerprint density at radius 3 is 2.07 bits per heavy atom. The number of likely N-dealkylation sites (tertiary alicyclic amines) is 1. The van der Waals surface area contributed by atoms with E-state index in [0.29, 0.717) is 0 Å². The first-order valence-corrected chi connectivity index (χ1v) is 5.26. The zero-order chi connectivity index (χ0) is 10.9. The van der Waals surface area contributed by atoms with Gasteiger partial charge in [-0.05, 0) is 36.7 Å². The molecule has 1 aliphatic rings. The van der Waals surface area contributed by atoms with Crippen molar-refractivity contribution in [2.24, 2.45) is 0 Å². The van der Waals surface area contributed by atoms with E-state index in [9.17, 15) is 0 Å². The quantitative estimate of drug-likeness (QED) is 0.733. The topological polar surface area (TPSA) is 16.1 Å². The van der Waals surface area contributed by atoms with Gasteiger partial charge in [0.2, 0.25) is 0 Å². The van der Waals surface area contributed by atoms with Crippen LogP contribution in [0.1, 0.15) is 18.4 Å². The molecular formula is C13H18N2. The van der Waals surface area contributed by atoms with E-state index in [2.05, 4.69) is 23.0 Å². The minimum atomic E-state index is 1.11. The molecule has 1 aliphatic heterocycles. The zero-order valence-electron chi connectivity index (χ0n) is 9.10. The lowest BCUT2D eigenvalue weighted by molar-refractivity contribution is 0.469. The molecule has 2 heteroatoms. The lowest BCUT2D eigenvalue weighted by Gasteiger charge is -2.07. The van der Waals surface area contributed by atoms with E-state index >= 15 is 0 Å². The van der Waals surface area contributed by atoms with E-state index in [0.717, 1.165) is 5.56 Å². The summed E-state index contributed by atoms with van der Waals surface area (Å²) in [7, 11) is 0. The fraction of sp³-hybridized carbons (Fsp3) is 0.308. The summed E-state index contributed by atoms with van der Waals surface area (Å²) in [4.78, 5) is 6.10. The lowest BCUT2D eigenvalue weighted by atomic mass is 10.3. The lowest BCUT2D eigenvalue weighted by Crippen LogP contribution is -2.08. The number of aromatic nitrogens is 1. The Bertz CT molecular complexity index is 287. The summed E-state index contributed by atoms with van der Waals surface area (Å²) in [6.45, 7) is 9.72. The summed E-state index contributed by atoms with van der Waals surface area (Å²) < 4.78 is 0. The van der Waals surface area contributed by atoms with E-state index in [4.69, 9.17) is 0 Å². The average molecular weight is 202 g/mol. The van der Waals surface area contributed by atoms with Gasteiger partial charge in [-0.2, -0.15) is 0 Å². The molecule has 80 valence electrons. The third-order valence-corrected chi connectivity index (χ3v) is 2.34. The first-order valence-electron chi connectivity index (χ1n) is 5.26. The van der Waals surface area contributed by atoms with Crippen LogP contribution in [-0.2, 0) is 0 Å². The van der Waals surface area contributed by atoms with Gasteiger partial charge in [0.25, 0.3) is 0 Å². The van der Waals surface area contributed by atoms with Crippen LogP contribution in [0.25, 0.3) is 6.08 Å². The van der Waals surface area contributed by atoms with E-state index in [-0.39, 0.29) is 0 Å². The van der Waals surface area contributed by atoms with E-state index in [1.54, 1.807) is 18.5 Å². The number of hydrogen-bond acceptors (Lipinski definition) is 2. The van der Waals surface area contributed by atoms with Gasteiger partial charge in [-0.3, -0.25) is 4.98 Å². The monoisotopic (exact) mass is 202 g/mol. The van der Waals surface area contributed by atoms with Crippen LogP contribution in [0.3, 0.4) is 0 Å². The molecule has 0 atom stereocenters. The molecule has 0 saturated carbocycles. The van der Waals surface area contributed by atoms with Gasteiger partial charge in [-0.25, -0.2) is 0 Å². The molecule has 1 fully saturated rings. The second kappa shape index (κ2) is 6.82. The molecule has 0 aromatic carbocycles. The Morgan fingerprint density at radius 2 is 1.73 bits per heavy atom. The van der Waals surface area contributed by atoms with Crippen LogP contribution in [0.4, 0.5) is 0 Å². The maximum Gasteiger partial charge on any atom is 0.0273 e. The van der Waals surface area contributed by atoms with Crippen LogP contribution in [0, 0.1) is 0 Å². The summed E-state index contributed by atoms with van der Waals surface area (Å²) in [6.07, 6.45) is 9.92. The molecule has 0 radical (unpaired) electrons. The average Bonchev–Trinajstić information content (AvgIpc) is 2.84. The predicted molar refractivity (Wildman–Crippen MR) is 65.3 cm³/mol. The fourth-order valence-electron chi connectivity index (χ4n) is 1.42. The van der Waals surface area contributed by atoms with Crippen LogP contribution in [0.15, 0.2) is 43.9 Å². The van der Waals surface area contributed by atoms with Gasteiger partial charge >= 0.3 is 0 Å². The normalized spacial score (nSPS) is 14.0. The molecule has 1 aromatic heterocycles. The van der Waals surface area contributed by atoms with Crippen LogP contribution in [0.2, 0.25) is 0 Å². The predicted octanol–water partition coefficient (Wildman–Crippen LogP) is 2.95. The summed E-state index contributed by atoms with van der Waals surface area (Å²) in [6, 6.07) is 3.82. The van der Waals surface area contributed by atoms with Crippen molar-refractivity contribution in [3.8, 4) is 0 Å². The number of hydrogen-bond donors (Lipinski definition) is 0. The van der Waals surface area contributed by atoms with Gasteiger partial charge in [0.1, 0.15) is 0 Å². The molecular weight excluding hydrogens is 184 g/mol. The van der Waals surface area contributed by atoms with Gasteiger partial charge in [0.15, 0.2) is 0 Å².